The number of nitrogens with two attached hydrogens (primary N) is 1. The van der Waals surface area contributed by atoms with Crippen molar-refractivity contribution in [2.75, 3.05) is 26.3 Å². The number of nitrogens with one attached hydrogen (secondary N) is 1. The fourth-order valence-corrected chi connectivity index (χ4v) is 2.33. The lowest BCUT2D eigenvalue weighted by Gasteiger charge is -2.20. The van der Waals surface area contributed by atoms with Crippen molar-refractivity contribution in [3.63, 3.8) is 0 Å². The Balaban J connectivity index is 2.01. The van der Waals surface area contributed by atoms with Crippen LogP contribution in [0.15, 0.2) is 16.6 Å². The Morgan fingerprint density at radius 3 is 2.94 bits per heavy atom. The molecule has 4 nitrogen and oxygen atoms in total. The summed E-state index contributed by atoms with van der Waals surface area (Å²) in [6.07, 6.45) is 0.992. The van der Waals surface area contributed by atoms with Crippen molar-refractivity contribution in [1.82, 2.24) is 5.32 Å². The van der Waals surface area contributed by atoms with E-state index in [1.165, 1.54) is 5.56 Å². The minimum atomic E-state index is 0.611. The smallest absolute Gasteiger partial charge is 0.175 e. The molecule has 0 saturated heterocycles. The summed E-state index contributed by atoms with van der Waals surface area (Å²) in [5.41, 5.74) is 6.62. The third-order valence-corrected chi connectivity index (χ3v) is 3.13. The zero-order valence-corrected chi connectivity index (χ0v) is 11.3. The number of fused-ring (bicyclic) bond motifs is 1. The first-order chi connectivity index (χ1) is 8.31. The monoisotopic (exact) mass is 300 g/mol. The van der Waals surface area contributed by atoms with Crippen LogP contribution in [0.5, 0.6) is 11.5 Å². The molecule has 0 bridgehead atoms. The molecule has 0 aliphatic carbocycles. The van der Waals surface area contributed by atoms with Crippen molar-refractivity contribution in [3.8, 4) is 11.5 Å². The van der Waals surface area contributed by atoms with E-state index in [0.717, 1.165) is 42.0 Å². The van der Waals surface area contributed by atoms with Crippen LogP contribution >= 0.6 is 15.9 Å². The largest absolute Gasteiger partial charge is 0.486 e. The minimum absolute atomic E-state index is 0.611. The Labute approximate surface area is 110 Å². The Morgan fingerprint density at radius 2 is 2.12 bits per heavy atom. The van der Waals surface area contributed by atoms with E-state index in [1.54, 1.807) is 0 Å². The van der Waals surface area contributed by atoms with E-state index in [4.69, 9.17) is 15.2 Å². The molecular formula is C12H17BrN2O2. The van der Waals surface area contributed by atoms with Crippen LogP contribution in [0.4, 0.5) is 0 Å². The van der Waals surface area contributed by atoms with Crippen molar-refractivity contribution in [3.05, 3.63) is 22.2 Å². The molecule has 1 aliphatic rings. The van der Waals surface area contributed by atoms with Gasteiger partial charge in [-0.3, -0.25) is 0 Å². The van der Waals surface area contributed by atoms with Gasteiger partial charge in [0.15, 0.2) is 11.5 Å². The molecule has 94 valence electrons. The van der Waals surface area contributed by atoms with Gasteiger partial charge in [0.1, 0.15) is 13.2 Å². The molecule has 1 aliphatic heterocycles. The molecule has 1 heterocycles. The highest BCUT2D eigenvalue weighted by atomic mass is 79.9. The van der Waals surface area contributed by atoms with Crippen LogP contribution in [-0.4, -0.2) is 26.3 Å². The predicted molar refractivity (Wildman–Crippen MR) is 70.5 cm³/mol. The normalized spacial score (nSPS) is 13.8. The van der Waals surface area contributed by atoms with Gasteiger partial charge in [0, 0.05) is 6.54 Å². The van der Waals surface area contributed by atoms with Crippen molar-refractivity contribution in [2.24, 2.45) is 5.73 Å². The van der Waals surface area contributed by atoms with E-state index >= 15 is 0 Å². The van der Waals surface area contributed by atoms with Crippen LogP contribution in [0.3, 0.4) is 0 Å². The maximum absolute atomic E-state index is 5.57. The van der Waals surface area contributed by atoms with E-state index in [2.05, 4.69) is 27.3 Å². The number of halogens is 1. The van der Waals surface area contributed by atoms with Crippen LogP contribution in [-0.2, 0) is 6.54 Å². The van der Waals surface area contributed by atoms with Gasteiger partial charge < -0.3 is 20.5 Å². The second kappa shape index (κ2) is 6.23. The van der Waals surface area contributed by atoms with E-state index in [-0.39, 0.29) is 0 Å². The molecule has 5 heteroatoms. The Hall–Kier alpha value is -0.780. The highest BCUT2D eigenvalue weighted by Crippen LogP contribution is 2.38. The second-order valence-corrected chi connectivity index (χ2v) is 4.78. The molecule has 0 fully saturated rings. The van der Waals surface area contributed by atoms with Crippen LogP contribution in [0.25, 0.3) is 0 Å². The fraction of sp³-hybridized carbons (Fsp3) is 0.500. The van der Waals surface area contributed by atoms with Gasteiger partial charge in [-0.05, 0) is 53.1 Å². The van der Waals surface area contributed by atoms with Gasteiger partial charge in [-0.25, -0.2) is 0 Å². The van der Waals surface area contributed by atoms with Crippen LogP contribution in [0, 0.1) is 0 Å². The first kappa shape index (κ1) is 12.7. The standard InChI is InChI=1S/C12H17BrN2O2/c13-10-6-9(8-15-3-1-2-14)7-11-12(10)17-5-4-16-11/h6-7,15H,1-5,8,14H2. The van der Waals surface area contributed by atoms with Gasteiger partial charge in [0.05, 0.1) is 4.47 Å². The van der Waals surface area contributed by atoms with Gasteiger partial charge in [-0.1, -0.05) is 0 Å². The first-order valence-corrected chi connectivity index (χ1v) is 6.59. The average Bonchev–Trinajstić information content (AvgIpc) is 2.35. The van der Waals surface area contributed by atoms with E-state index in [0.29, 0.717) is 13.2 Å². The molecule has 0 atom stereocenters. The average molecular weight is 301 g/mol. The zero-order chi connectivity index (χ0) is 12.1. The third kappa shape index (κ3) is 3.34. The molecule has 3 N–H and O–H groups in total. The summed E-state index contributed by atoms with van der Waals surface area (Å²) < 4.78 is 12.1. The molecule has 0 amide bonds. The Bertz CT molecular complexity index is 385. The minimum Gasteiger partial charge on any atom is -0.486 e. The number of benzene rings is 1. The van der Waals surface area contributed by atoms with Crippen molar-refractivity contribution in [1.29, 1.82) is 0 Å². The molecule has 1 aromatic carbocycles. The molecule has 0 saturated carbocycles. The van der Waals surface area contributed by atoms with Crippen molar-refractivity contribution < 1.29 is 9.47 Å². The fourth-order valence-electron chi connectivity index (χ4n) is 1.73. The molecule has 0 spiro atoms. The summed E-state index contributed by atoms with van der Waals surface area (Å²) in [5.74, 6) is 1.63. The van der Waals surface area contributed by atoms with Crippen molar-refractivity contribution >= 4 is 15.9 Å². The highest BCUT2D eigenvalue weighted by molar-refractivity contribution is 9.10. The summed E-state index contributed by atoms with van der Waals surface area (Å²) in [6, 6.07) is 4.08. The maximum atomic E-state index is 5.57. The van der Waals surface area contributed by atoms with Gasteiger partial charge in [-0.2, -0.15) is 0 Å². The Morgan fingerprint density at radius 1 is 1.29 bits per heavy atom. The summed E-state index contributed by atoms with van der Waals surface area (Å²) in [6.45, 7) is 3.69. The molecule has 0 unspecified atom stereocenters. The van der Waals surface area contributed by atoms with Crippen LogP contribution < -0.4 is 20.5 Å². The summed E-state index contributed by atoms with van der Waals surface area (Å²) in [4.78, 5) is 0. The van der Waals surface area contributed by atoms with Crippen LogP contribution in [0.2, 0.25) is 0 Å². The summed E-state index contributed by atoms with van der Waals surface area (Å²) in [5, 5.41) is 3.34. The zero-order valence-electron chi connectivity index (χ0n) is 9.67. The molecule has 1 aromatic rings. The van der Waals surface area contributed by atoms with Gasteiger partial charge in [-0.15, -0.1) is 0 Å². The van der Waals surface area contributed by atoms with E-state index < -0.39 is 0 Å². The quantitative estimate of drug-likeness (QED) is 0.812. The SMILES string of the molecule is NCCCNCc1cc(Br)c2c(c1)OCCO2. The Kier molecular flexibility index (Phi) is 4.65. The first-order valence-electron chi connectivity index (χ1n) is 5.80. The van der Waals surface area contributed by atoms with Crippen LogP contribution in [0.1, 0.15) is 12.0 Å². The summed E-state index contributed by atoms with van der Waals surface area (Å²) in [7, 11) is 0. The number of hydrogen-bond donors (Lipinski definition) is 2. The lowest BCUT2D eigenvalue weighted by Crippen LogP contribution is -2.19. The lowest BCUT2D eigenvalue weighted by molar-refractivity contribution is 0.170. The highest BCUT2D eigenvalue weighted by Gasteiger charge is 2.15. The number of hydrogen-bond acceptors (Lipinski definition) is 4. The van der Waals surface area contributed by atoms with Gasteiger partial charge >= 0.3 is 0 Å². The molecular weight excluding hydrogens is 284 g/mol. The van der Waals surface area contributed by atoms with Gasteiger partial charge in [0.2, 0.25) is 0 Å². The molecule has 0 radical (unpaired) electrons. The predicted octanol–water partition coefficient (Wildman–Crippen LogP) is 1.66. The third-order valence-electron chi connectivity index (χ3n) is 2.54. The van der Waals surface area contributed by atoms with Crippen molar-refractivity contribution in [2.45, 2.75) is 13.0 Å². The van der Waals surface area contributed by atoms with E-state index in [1.807, 2.05) is 6.07 Å². The number of rotatable bonds is 5. The molecule has 2 rings (SSSR count). The van der Waals surface area contributed by atoms with Gasteiger partial charge in [0.25, 0.3) is 0 Å². The maximum Gasteiger partial charge on any atom is 0.175 e. The lowest BCUT2D eigenvalue weighted by atomic mass is 10.2. The second-order valence-electron chi connectivity index (χ2n) is 3.92. The topological polar surface area (TPSA) is 56.5 Å². The molecule has 17 heavy (non-hydrogen) atoms. The summed E-state index contributed by atoms with van der Waals surface area (Å²) >= 11 is 3.50. The molecule has 0 aromatic heterocycles. The van der Waals surface area contributed by atoms with E-state index in [9.17, 15) is 0 Å². The number of ether oxygens (including phenoxy) is 2.